The number of hydrogen-bond acceptors (Lipinski definition) is 5. The van der Waals surface area contributed by atoms with Crippen LogP contribution in [0.4, 0.5) is 0 Å². The molecule has 1 saturated heterocycles. The largest absolute Gasteiger partial charge is 0.465 e. The molecule has 128 valence electrons. The smallest absolute Gasteiger partial charge is 0.272 e. The van der Waals surface area contributed by atoms with E-state index in [9.17, 15) is 4.79 Å². The Morgan fingerprint density at radius 1 is 1.33 bits per heavy atom. The van der Waals surface area contributed by atoms with Crippen LogP contribution in [-0.2, 0) is 22.7 Å². The average Bonchev–Trinajstić information content (AvgIpc) is 3.23. The maximum atomic E-state index is 12.9. The second kappa shape index (κ2) is 6.41. The van der Waals surface area contributed by atoms with Crippen LogP contribution in [0.25, 0.3) is 0 Å². The van der Waals surface area contributed by atoms with E-state index in [-0.39, 0.29) is 11.9 Å². The van der Waals surface area contributed by atoms with Crippen molar-refractivity contribution in [3.05, 3.63) is 41.6 Å². The molecule has 4 heterocycles. The summed E-state index contributed by atoms with van der Waals surface area (Å²) in [5.41, 5.74) is 1.04. The summed E-state index contributed by atoms with van der Waals surface area (Å²) in [7, 11) is 0. The fourth-order valence-corrected chi connectivity index (χ4v) is 3.39. The average molecular weight is 330 g/mol. The molecule has 7 heteroatoms. The molecule has 0 bridgehead atoms. The van der Waals surface area contributed by atoms with Crippen molar-refractivity contribution in [1.82, 2.24) is 19.7 Å². The number of carbonyl (C=O) groups is 1. The molecule has 2 aromatic rings. The number of amides is 1. The predicted octanol–water partition coefficient (Wildman–Crippen LogP) is 1.90. The molecule has 0 unspecified atom stereocenters. The standard InChI is InChI=1S/C17H22N4O3/c1-13-4-5-15(24-13)11-19-10-14-6-7-18-21(14)16(12-19)17(22)20-8-2-3-9-23-20/h4-7,16H,2-3,8-12H2,1H3/t16-/m0/s1. The van der Waals surface area contributed by atoms with E-state index in [0.717, 1.165) is 36.6 Å². The monoisotopic (exact) mass is 330 g/mol. The van der Waals surface area contributed by atoms with E-state index in [0.29, 0.717) is 26.2 Å². The molecule has 2 aliphatic rings. The Bertz CT molecular complexity index is 717. The van der Waals surface area contributed by atoms with E-state index in [1.807, 2.05) is 29.8 Å². The fraction of sp³-hybridized carbons (Fsp3) is 0.529. The van der Waals surface area contributed by atoms with Crippen LogP contribution in [0.15, 0.2) is 28.8 Å². The Labute approximate surface area is 140 Å². The van der Waals surface area contributed by atoms with Crippen molar-refractivity contribution >= 4 is 5.91 Å². The molecule has 1 fully saturated rings. The zero-order valence-electron chi connectivity index (χ0n) is 13.9. The van der Waals surface area contributed by atoms with Gasteiger partial charge in [0.2, 0.25) is 0 Å². The molecular weight excluding hydrogens is 308 g/mol. The first-order valence-corrected chi connectivity index (χ1v) is 8.45. The van der Waals surface area contributed by atoms with Gasteiger partial charge in [0.15, 0.2) is 0 Å². The minimum atomic E-state index is -0.349. The summed E-state index contributed by atoms with van der Waals surface area (Å²) in [5.74, 6) is 1.81. The predicted molar refractivity (Wildman–Crippen MR) is 85.7 cm³/mol. The quantitative estimate of drug-likeness (QED) is 0.860. The minimum Gasteiger partial charge on any atom is -0.465 e. The Kier molecular flexibility index (Phi) is 4.12. The lowest BCUT2D eigenvalue weighted by Crippen LogP contribution is -2.47. The number of hydroxylamine groups is 2. The Morgan fingerprint density at radius 2 is 2.25 bits per heavy atom. The van der Waals surface area contributed by atoms with E-state index in [1.165, 1.54) is 5.06 Å². The molecule has 0 N–H and O–H groups in total. The summed E-state index contributed by atoms with van der Waals surface area (Å²) in [6.07, 6.45) is 3.75. The van der Waals surface area contributed by atoms with Gasteiger partial charge in [-0.2, -0.15) is 5.10 Å². The Hall–Kier alpha value is -2.12. The lowest BCUT2D eigenvalue weighted by atomic mass is 10.1. The van der Waals surface area contributed by atoms with Crippen molar-refractivity contribution in [3.8, 4) is 0 Å². The van der Waals surface area contributed by atoms with Crippen molar-refractivity contribution in [2.45, 2.75) is 38.9 Å². The molecule has 0 saturated carbocycles. The lowest BCUT2D eigenvalue weighted by molar-refractivity contribution is -0.201. The Morgan fingerprint density at radius 3 is 3.00 bits per heavy atom. The lowest BCUT2D eigenvalue weighted by Gasteiger charge is -2.36. The van der Waals surface area contributed by atoms with Gasteiger partial charge in [-0.1, -0.05) is 0 Å². The summed E-state index contributed by atoms with van der Waals surface area (Å²) < 4.78 is 7.52. The molecule has 0 aromatic carbocycles. The van der Waals surface area contributed by atoms with Gasteiger partial charge in [0.05, 0.1) is 18.8 Å². The van der Waals surface area contributed by atoms with Gasteiger partial charge >= 0.3 is 0 Å². The summed E-state index contributed by atoms with van der Waals surface area (Å²) in [6, 6.07) is 5.58. The second-order valence-electron chi connectivity index (χ2n) is 6.45. The number of hydrogen-bond donors (Lipinski definition) is 0. The van der Waals surface area contributed by atoms with Gasteiger partial charge in [0.25, 0.3) is 5.91 Å². The summed E-state index contributed by atoms with van der Waals surface area (Å²) in [6.45, 7) is 5.25. The number of furan rings is 1. The van der Waals surface area contributed by atoms with Crippen LogP contribution in [0, 0.1) is 6.92 Å². The summed E-state index contributed by atoms with van der Waals surface area (Å²) in [4.78, 5) is 20.7. The first kappa shape index (κ1) is 15.4. The van der Waals surface area contributed by atoms with Crippen molar-refractivity contribution < 1.29 is 14.0 Å². The van der Waals surface area contributed by atoms with Crippen molar-refractivity contribution in [2.24, 2.45) is 0 Å². The number of rotatable bonds is 3. The third-order valence-electron chi connectivity index (χ3n) is 4.57. The molecule has 0 aliphatic carbocycles. The highest BCUT2D eigenvalue weighted by Crippen LogP contribution is 2.25. The van der Waals surface area contributed by atoms with Crippen LogP contribution in [-0.4, -0.2) is 45.3 Å². The third-order valence-corrected chi connectivity index (χ3v) is 4.57. The molecule has 1 amide bonds. The van der Waals surface area contributed by atoms with Crippen LogP contribution < -0.4 is 0 Å². The van der Waals surface area contributed by atoms with Crippen LogP contribution in [0.3, 0.4) is 0 Å². The van der Waals surface area contributed by atoms with Crippen LogP contribution in [0.1, 0.15) is 36.1 Å². The van der Waals surface area contributed by atoms with E-state index in [1.54, 1.807) is 6.20 Å². The van der Waals surface area contributed by atoms with E-state index in [2.05, 4.69) is 10.00 Å². The van der Waals surface area contributed by atoms with Crippen LogP contribution in [0.5, 0.6) is 0 Å². The molecule has 0 radical (unpaired) electrons. The number of fused-ring (bicyclic) bond motifs is 1. The van der Waals surface area contributed by atoms with Crippen LogP contribution >= 0.6 is 0 Å². The zero-order valence-corrected chi connectivity index (χ0v) is 13.9. The molecule has 4 rings (SSSR count). The number of aryl methyl sites for hydroxylation is 1. The molecule has 0 spiro atoms. The van der Waals surface area contributed by atoms with Gasteiger partial charge in [-0.25, -0.2) is 5.06 Å². The first-order chi connectivity index (χ1) is 11.7. The van der Waals surface area contributed by atoms with E-state index < -0.39 is 0 Å². The van der Waals surface area contributed by atoms with Gasteiger partial charge in [-0.15, -0.1) is 0 Å². The van der Waals surface area contributed by atoms with Gasteiger partial charge in [0.1, 0.15) is 17.6 Å². The van der Waals surface area contributed by atoms with Gasteiger partial charge < -0.3 is 4.42 Å². The van der Waals surface area contributed by atoms with Crippen molar-refractivity contribution in [1.29, 1.82) is 0 Å². The minimum absolute atomic E-state index is 0.0139. The third kappa shape index (κ3) is 2.97. The number of carbonyl (C=O) groups excluding carboxylic acids is 1. The topological polar surface area (TPSA) is 63.7 Å². The summed E-state index contributed by atoms with van der Waals surface area (Å²) in [5, 5.41) is 5.88. The fourth-order valence-electron chi connectivity index (χ4n) is 3.39. The number of nitrogens with zero attached hydrogens (tertiary/aromatic N) is 4. The number of aromatic nitrogens is 2. The molecule has 24 heavy (non-hydrogen) atoms. The van der Waals surface area contributed by atoms with E-state index in [4.69, 9.17) is 9.25 Å². The molecule has 1 atom stereocenters. The SMILES string of the molecule is Cc1ccc(CN2Cc3ccnn3[C@H](C(=O)N3CCCCO3)C2)o1. The second-order valence-corrected chi connectivity index (χ2v) is 6.45. The molecular formula is C17H22N4O3. The normalized spacial score (nSPS) is 21.7. The van der Waals surface area contributed by atoms with Crippen LogP contribution in [0.2, 0.25) is 0 Å². The van der Waals surface area contributed by atoms with Gasteiger partial charge in [-0.3, -0.25) is 19.2 Å². The van der Waals surface area contributed by atoms with Crippen molar-refractivity contribution in [2.75, 3.05) is 19.7 Å². The summed E-state index contributed by atoms with van der Waals surface area (Å²) >= 11 is 0. The van der Waals surface area contributed by atoms with E-state index >= 15 is 0 Å². The highest BCUT2D eigenvalue weighted by molar-refractivity contribution is 5.80. The molecule has 2 aliphatic heterocycles. The highest BCUT2D eigenvalue weighted by atomic mass is 16.7. The van der Waals surface area contributed by atoms with Crippen molar-refractivity contribution in [3.63, 3.8) is 0 Å². The molecule has 2 aromatic heterocycles. The van der Waals surface area contributed by atoms with Gasteiger partial charge in [0, 0.05) is 25.8 Å². The maximum absolute atomic E-state index is 12.9. The Balaban J connectivity index is 1.53. The highest BCUT2D eigenvalue weighted by Gasteiger charge is 2.35. The first-order valence-electron chi connectivity index (χ1n) is 8.45. The van der Waals surface area contributed by atoms with Gasteiger partial charge in [-0.05, 0) is 38.0 Å². The molecule has 7 nitrogen and oxygen atoms in total. The zero-order chi connectivity index (χ0) is 16.5. The maximum Gasteiger partial charge on any atom is 0.272 e.